The standard InChI is InChI=1S/C22H24O5S/c1-14-10-12-18(13-11-14)28(26)21(16(3)24)20(17-8-6-5-7-9-17)19(15(2)23)22(25)27-4/h5-13,19-21H,1-4H3/t19?,20?,21?,28-/m0/s1. The summed E-state index contributed by atoms with van der Waals surface area (Å²) < 4.78 is 18.2. The van der Waals surface area contributed by atoms with Gasteiger partial charge < -0.3 is 4.74 Å². The summed E-state index contributed by atoms with van der Waals surface area (Å²) in [6.07, 6.45) is 0. The predicted molar refractivity (Wildman–Crippen MR) is 107 cm³/mol. The second-order valence-corrected chi connectivity index (χ2v) is 8.26. The Balaban J connectivity index is 2.64. The number of carbonyl (C=O) groups is 3. The number of ketones is 2. The first-order valence-electron chi connectivity index (χ1n) is 8.88. The van der Waals surface area contributed by atoms with Crippen LogP contribution < -0.4 is 0 Å². The van der Waals surface area contributed by atoms with Crippen molar-refractivity contribution in [2.45, 2.75) is 36.8 Å². The SMILES string of the molecule is COC(=O)C(C(C)=O)C(c1ccccc1)C(C(C)=O)[S@@](=O)c1ccc(C)cc1. The second kappa shape index (κ2) is 9.55. The van der Waals surface area contributed by atoms with E-state index in [1.54, 1.807) is 42.5 Å². The highest BCUT2D eigenvalue weighted by atomic mass is 32.2. The van der Waals surface area contributed by atoms with Gasteiger partial charge >= 0.3 is 5.97 Å². The quantitative estimate of drug-likeness (QED) is 0.502. The molecule has 0 aliphatic rings. The first-order chi connectivity index (χ1) is 13.3. The van der Waals surface area contributed by atoms with Gasteiger partial charge in [-0.3, -0.25) is 18.6 Å². The number of esters is 1. The topological polar surface area (TPSA) is 77.5 Å². The molecule has 0 saturated carbocycles. The van der Waals surface area contributed by atoms with E-state index in [1.165, 1.54) is 21.0 Å². The van der Waals surface area contributed by atoms with Crippen molar-refractivity contribution in [2.24, 2.45) is 5.92 Å². The molecule has 28 heavy (non-hydrogen) atoms. The minimum absolute atomic E-state index is 0.358. The molecule has 2 aromatic carbocycles. The van der Waals surface area contributed by atoms with E-state index < -0.39 is 39.6 Å². The van der Waals surface area contributed by atoms with Gasteiger partial charge in [0, 0.05) is 10.8 Å². The lowest BCUT2D eigenvalue weighted by Gasteiger charge is -2.29. The van der Waals surface area contributed by atoms with E-state index >= 15 is 0 Å². The van der Waals surface area contributed by atoms with Crippen molar-refractivity contribution >= 4 is 28.3 Å². The van der Waals surface area contributed by atoms with Gasteiger partial charge in [-0.05, 0) is 38.5 Å². The van der Waals surface area contributed by atoms with Crippen LogP contribution >= 0.6 is 0 Å². The molecule has 0 aromatic heterocycles. The largest absolute Gasteiger partial charge is 0.468 e. The minimum atomic E-state index is -1.76. The smallest absolute Gasteiger partial charge is 0.316 e. The van der Waals surface area contributed by atoms with Gasteiger partial charge in [0.15, 0.2) is 0 Å². The summed E-state index contributed by atoms with van der Waals surface area (Å²) in [5.74, 6) is -3.66. The molecule has 0 bridgehead atoms. The zero-order chi connectivity index (χ0) is 20.8. The van der Waals surface area contributed by atoms with E-state index in [0.717, 1.165) is 5.56 Å². The number of ether oxygens (including phenoxy) is 1. The van der Waals surface area contributed by atoms with Gasteiger partial charge in [-0.15, -0.1) is 0 Å². The summed E-state index contributed by atoms with van der Waals surface area (Å²) in [6, 6.07) is 15.8. The maximum absolute atomic E-state index is 13.4. The van der Waals surface area contributed by atoms with E-state index in [0.29, 0.717) is 10.5 Å². The van der Waals surface area contributed by atoms with E-state index in [4.69, 9.17) is 4.74 Å². The lowest BCUT2D eigenvalue weighted by Crippen LogP contribution is -2.41. The second-order valence-electron chi connectivity index (χ2n) is 6.69. The number of hydrogen-bond donors (Lipinski definition) is 0. The monoisotopic (exact) mass is 400 g/mol. The fourth-order valence-corrected chi connectivity index (χ4v) is 4.85. The zero-order valence-corrected chi connectivity index (χ0v) is 17.2. The minimum Gasteiger partial charge on any atom is -0.468 e. The molecule has 0 aliphatic heterocycles. The first-order valence-corrected chi connectivity index (χ1v) is 10.1. The number of Topliss-reactive ketones (excluding diaryl/α,β-unsaturated/α-hetero) is 2. The average molecular weight is 400 g/mol. The van der Waals surface area contributed by atoms with Gasteiger partial charge in [0.25, 0.3) is 0 Å². The van der Waals surface area contributed by atoms with Crippen LogP contribution in [0.4, 0.5) is 0 Å². The van der Waals surface area contributed by atoms with Gasteiger partial charge in [-0.2, -0.15) is 0 Å². The van der Waals surface area contributed by atoms with Crippen molar-refractivity contribution in [1.82, 2.24) is 0 Å². The normalized spacial score (nSPS) is 15.1. The number of rotatable bonds is 8. The van der Waals surface area contributed by atoms with Crippen LogP contribution in [0.15, 0.2) is 59.5 Å². The third-order valence-corrected chi connectivity index (χ3v) is 6.47. The summed E-state index contributed by atoms with van der Waals surface area (Å²) in [4.78, 5) is 37.9. The molecule has 2 aromatic rings. The Morgan fingerprint density at radius 3 is 1.93 bits per heavy atom. The van der Waals surface area contributed by atoms with Gasteiger partial charge in [-0.1, -0.05) is 48.0 Å². The van der Waals surface area contributed by atoms with Crippen molar-refractivity contribution in [3.63, 3.8) is 0 Å². The van der Waals surface area contributed by atoms with Crippen molar-refractivity contribution in [1.29, 1.82) is 0 Å². The molecule has 5 nitrogen and oxygen atoms in total. The summed E-state index contributed by atoms with van der Waals surface area (Å²) in [6.45, 7) is 4.52. The van der Waals surface area contributed by atoms with Gasteiger partial charge in [-0.25, -0.2) is 0 Å². The Bertz CT molecular complexity index is 874. The molecular formula is C22H24O5S. The molecule has 0 spiro atoms. The van der Waals surface area contributed by atoms with Crippen LogP contribution in [0.1, 0.15) is 30.9 Å². The fraction of sp³-hybridized carbons (Fsp3) is 0.318. The third kappa shape index (κ3) is 4.81. The number of methoxy groups -OCH3 is 1. The maximum Gasteiger partial charge on any atom is 0.316 e. The van der Waals surface area contributed by atoms with E-state index in [1.807, 2.05) is 19.1 Å². The number of hydrogen-bond acceptors (Lipinski definition) is 5. The van der Waals surface area contributed by atoms with E-state index in [-0.39, 0.29) is 5.78 Å². The molecule has 2 rings (SSSR count). The first kappa shape index (κ1) is 21.7. The van der Waals surface area contributed by atoms with Crippen LogP contribution in [0.5, 0.6) is 0 Å². The van der Waals surface area contributed by atoms with E-state index in [9.17, 15) is 18.6 Å². The highest BCUT2D eigenvalue weighted by Crippen LogP contribution is 2.35. The Labute approximate surface area is 167 Å². The van der Waals surface area contributed by atoms with Crippen LogP contribution in [0, 0.1) is 12.8 Å². The van der Waals surface area contributed by atoms with Crippen LogP contribution in [-0.4, -0.2) is 34.1 Å². The van der Waals surface area contributed by atoms with Gasteiger partial charge in [0.1, 0.15) is 22.7 Å². The molecule has 0 radical (unpaired) electrons. The molecule has 0 fully saturated rings. The summed E-state index contributed by atoms with van der Waals surface area (Å²) >= 11 is 0. The average Bonchev–Trinajstić information content (AvgIpc) is 2.67. The Morgan fingerprint density at radius 1 is 0.893 bits per heavy atom. The lowest BCUT2D eigenvalue weighted by molar-refractivity contribution is -0.149. The highest BCUT2D eigenvalue weighted by molar-refractivity contribution is 7.86. The maximum atomic E-state index is 13.4. The van der Waals surface area contributed by atoms with Crippen molar-refractivity contribution in [2.75, 3.05) is 7.11 Å². The van der Waals surface area contributed by atoms with Crippen LogP contribution in [0.25, 0.3) is 0 Å². The Kier molecular flexibility index (Phi) is 7.40. The molecule has 3 unspecified atom stereocenters. The molecule has 4 atom stereocenters. The van der Waals surface area contributed by atoms with Crippen LogP contribution in [0.2, 0.25) is 0 Å². The third-order valence-electron chi connectivity index (χ3n) is 4.65. The van der Waals surface area contributed by atoms with Gasteiger partial charge in [0.05, 0.1) is 17.9 Å². The molecule has 148 valence electrons. The molecule has 6 heteroatoms. The highest BCUT2D eigenvalue weighted by Gasteiger charge is 2.44. The number of carbonyl (C=O) groups excluding carboxylic acids is 3. The molecule has 0 heterocycles. The van der Waals surface area contributed by atoms with Crippen molar-refractivity contribution < 1.29 is 23.3 Å². The molecule has 0 amide bonds. The van der Waals surface area contributed by atoms with Gasteiger partial charge in [0.2, 0.25) is 0 Å². The van der Waals surface area contributed by atoms with E-state index in [2.05, 4.69) is 0 Å². The summed E-state index contributed by atoms with van der Waals surface area (Å²) in [5.41, 5.74) is 1.59. The zero-order valence-electron chi connectivity index (χ0n) is 16.4. The van der Waals surface area contributed by atoms with Crippen LogP contribution in [-0.2, 0) is 29.9 Å². The molecule has 0 saturated heterocycles. The molecule has 0 aliphatic carbocycles. The Hall–Kier alpha value is -2.60. The van der Waals surface area contributed by atoms with Crippen molar-refractivity contribution in [3.05, 3.63) is 65.7 Å². The molecule has 0 N–H and O–H groups in total. The van der Waals surface area contributed by atoms with Crippen LogP contribution in [0.3, 0.4) is 0 Å². The predicted octanol–water partition coefficient (Wildman–Crippen LogP) is 3.22. The Morgan fingerprint density at radius 2 is 1.46 bits per heavy atom. The summed E-state index contributed by atoms with van der Waals surface area (Å²) in [5, 5.41) is -1.07. The lowest BCUT2D eigenvalue weighted by atomic mass is 9.80. The fourth-order valence-electron chi connectivity index (χ4n) is 3.27. The molecular weight excluding hydrogens is 376 g/mol. The number of benzene rings is 2. The number of aryl methyl sites for hydroxylation is 1. The summed E-state index contributed by atoms with van der Waals surface area (Å²) in [7, 11) is -0.561. The van der Waals surface area contributed by atoms with Crippen molar-refractivity contribution in [3.8, 4) is 0 Å².